The molecule has 2 rings (SSSR count). The third kappa shape index (κ3) is 3.35. The molecule has 0 saturated carbocycles. The number of carbonyl (C=O) groups excluding carboxylic acids is 1. The van der Waals surface area contributed by atoms with Crippen molar-refractivity contribution in [1.82, 2.24) is 9.78 Å². The summed E-state index contributed by atoms with van der Waals surface area (Å²) in [6, 6.07) is 9.48. The third-order valence-electron chi connectivity index (χ3n) is 2.47. The van der Waals surface area contributed by atoms with Crippen LogP contribution in [0.5, 0.6) is 0 Å². The first-order valence-electron chi connectivity index (χ1n) is 5.63. The molecule has 0 amide bonds. The molecular formula is C13H15N3O2. The summed E-state index contributed by atoms with van der Waals surface area (Å²) in [5.74, 6) is 0.0556. The van der Waals surface area contributed by atoms with Crippen LogP contribution in [0.15, 0.2) is 36.5 Å². The standard InChI is InChI=1S/C13H15N3O2/c1-10-2-4-11(5-3-10)9-18-13(17)8-16-7-6-12(14)15-16/h2-7H,8-9H2,1H3,(H2,14,15). The van der Waals surface area contributed by atoms with Gasteiger partial charge in [0.1, 0.15) is 19.0 Å². The molecule has 0 atom stereocenters. The Morgan fingerprint density at radius 2 is 2.06 bits per heavy atom. The van der Waals surface area contributed by atoms with Gasteiger partial charge in [-0.1, -0.05) is 29.8 Å². The number of hydrogen-bond acceptors (Lipinski definition) is 4. The lowest BCUT2D eigenvalue weighted by atomic mass is 10.2. The summed E-state index contributed by atoms with van der Waals surface area (Å²) in [4.78, 5) is 11.5. The highest BCUT2D eigenvalue weighted by molar-refractivity contribution is 5.69. The molecule has 18 heavy (non-hydrogen) atoms. The smallest absolute Gasteiger partial charge is 0.328 e. The number of nitrogens with two attached hydrogens (primary N) is 1. The number of esters is 1. The van der Waals surface area contributed by atoms with Crippen LogP contribution in [0.1, 0.15) is 11.1 Å². The zero-order valence-corrected chi connectivity index (χ0v) is 10.2. The van der Waals surface area contributed by atoms with Crippen molar-refractivity contribution in [2.24, 2.45) is 0 Å². The average molecular weight is 245 g/mol. The number of ether oxygens (including phenoxy) is 1. The summed E-state index contributed by atoms with van der Waals surface area (Å²) in [5, 5.41) is 3.91. The molecule has 0 fully saturated rings. The number of aryl methyl sites for hydroxylation is 1. The largest absolute Gasteiger partial charge is 0.459 e. The first-order chi connectivity index (χ1) is 8.63. The number of carbonyl (C=O) groups is 1. The van der Waals surface area contributed by atoms with Crippen LogP contribution in [0.4, 0.5) is 5.82 Å². The van der Waals surface area contributed by atoms with E-state index in [4.69, 9.17) is 10.5 Å². The van der Waals surface area contributed by atoms with Crippen LogP contribution in [0.3, 0.4) is 0 Å². The molecular weight excluding hydrogens is 230 g/mol. The molecule has 5 heteroatoms. The molecule has 0 saturated heterocycles. The number of aromatic nitrogens is 2. The van der Waals surface area contributed by atoms with Crippen molar-refractivity contribution in [1.29, 1.82) is 0 Å². The van der Waals surface area contributed by atoms with Gasteiger partial charge in [0.05, 0.1) is 0 Å². The van der Waals surface area contributed by atoms with Crippen molar-refractivity contribution in [2.75, 3.05) is 5.73 Å². The minimum atomic E-state index is -0.335. The van der Waals surface area contributed by atoms with E-state index in [1.54, 1.807) is 12.3 Å². The fourth-order valence-corrected chi connectivity index (χ4v) is 1.49. The van der Waals surface area contributed by atoms with Crippen LogP contribution in [-0.2, 0) is 22.7 Å². The van der Waals surface area contributed by atoms with Gasteiger partial charge >= 0.3 is 5.97 Å². The van der Waals surface area contributed by atoms with Gasteiger partial charge in [0, 0.05) is 6.20 Å². The number of rotatable bonds is 4. The van der Waals surface area contributed by atoms with Gasteiger partial charge in [0.25, 0.3) is 0 Å². The first-order valence-corrected chi connectivity index (χ1v) is 5.63. The Balaban J connectivity index is 1.83. The fourth-order valence-electron chi connectivity index (χ4n) is 1.49. The van der Waals surface area contributed by atoms with Gasteiger partial charge in [-0.2, -0.15) is 5.10 Å². The highest BCUT2D eigenvalue weighted by atomic mass is 16.5. The van der Waals surface area contributed by atoms with Crippen LogP contribution in [-0.4, -0.2) is 15.7 Å². The highest BCUT2D eigenvalue weighted by Crippen LogP contribution is 2.05. The van der Waals surface area contributed by atoms with E-state index in [-0.39, 0.29) is 19.1 Å². The summed E-state index contributed by atoms with van der Waals surface area (Å²) >= 11 is 0. The molecule has 0 spiro atoms. The lowest BCUT2D eigenvalue weighted by Gasteiger charge is -2.05. The molecule has 0 aliphatic rings. The maximum atomic E-state index is 11.5. The highest BCUT2D eigenvalue weighted by Gasteiger charge is 2.05. The Labute approximate surface area is 105 Å². The van der Waals surface area contributed by atoms with Crippen LogP contribution in [0.2, 0.25) is 0 Å². The van der Waals surface area contributed by atoms with E-state index in [0.29, 0.717) is 5.82 Å². The molecule has 0 aliphatic heterocycles. The van der Waals surface area contributed by atoms with Crippen molar-refractivity contribution in [3.63, 3.8) is 0 Å². The van der Waals surface area contributed by atoms with Gasteiger partial charge in [-0.05, 0) is 18.6 Å². The summed E-state index contributed by atoms with van der Waals surface area (Å²) in [5.41, 5.74) is 7.59. The second-order valence-corrected chi connectivity index (χ2v) is 4.08. The molecule has 1 aromatic carbocycles. The summed E-state index contributed by atoms with van der Waals surface area (Å²) in [7, 11) is 0. The third-order valence-corrected chi connectivity index (χ3v) is 2.47. The van der Waals surface area contributed by atoms with E-state index in [9.17, 15) is 4.79 Å². The molecule has 5 nitrogen and oxygen atoms in total. The second-order valence-electron chi connectivity index (χ2n) is 4.08. The van der Waals surface area contributed by atoms with E-state index >= 15 is 0 Å². The monoisotopic (exact) mass is 245 g/mol. The van der Waals surface area contributed by atoms with Crippen LogP contribution in [0, 0.1) is 6.92 Å². The van der Waals surface area contributed by atoms with Crippen molar-refractivity contribution in [2.45, 2.75) is 20.1 Å². The first kappa shape index (κ1) is 12.2. The average Bonchev–Trinajstić information content (AvgIpc) is 2.74. The summed E-state index contributed by atoms with van der Waals surface area (Å²) in [6.07, 6.45) is 1.64. The summed E-state index contributed by atoms with van der Waals surface area (Å²) < 4.78 is 6.59. The molecule has 2 N–H and O–H groups in total. The molecule has 0 radical (unpaired) electrons. The molecule has 0 aliphatic carbocycles. The molecule has 1 aromatic heterocycles. The normalized spacial score (nSPS) is 10.3. The van der Waals surface area contributed by atoms with Crippen molar-refractivity contribution in [3.05, 3.63) is 47.7 Å². The molecule has 94 valence electrons. The van der Waals surface area contributed by atoms with Crippen LogP contribution >= 0.6 is 0 Å². The predicted molar refractivity (Wildman–Crippen MR) is 67.6 cm³/mol. The van der Waals surface area contributed by atoms with E-state index in [2.05, 4.69) is 5.10 Å². The fraction of sp³-hybridized carbons (Fsp3) is 0.231. The number of nitrogens with zero attached hydrogens (tertiary/aromatic N) is 2. The molecule has 1 heterocycles. The van der Waals surface area contributed by atoms with Crippen molar-refractivity contribution >= 4 is 11.8 Å². The van der Waals surface area contributed by atoms with Gasteiger partial charge in [0.15, 0.2) is 0 Å². The Morgan fingerprint density at radius 1 is 1.33 bits per heavy atom. The zero-order chi connectivity index (χ0) is 13.0. The topological polar surface area (TPSA) is 70.1 Å². The van der Waals surface area contributed by atoms with Gasteiger partial charge in [-0.25, -0.2) is 0 Å². The minimum absolute atomic E-state index is 0.0725. The van der Waals surface area contributed by atoms with Crippen molar-refractivity contribution < 1.29 is 9.53 Å². The number of nitrogen functional groups attached to an aromatic ring is 1. The number of anilines is 1. The summed E-state index contributed by atoms with van der Waals surface area (Å²) in [6.45, 7) is 2.36. The lowest BCUT2D eigenvalue weighted by molar-refractivity contribution is -0.145. The van der Waals surface area contributed by atoms with Crippen molar-refractivity contribution in [3.8, 4) is 0 Å². The Morgan fingerprint density at radius 3 is 2.67 bits per heavy atom. The van der Waals surface area contributed by atoms with E-state index in [1.165, 1.54) is 10.2 Å². The van der Waals surface area contributed by atoms with Gasteiger partial charge in [-0.15, -0.1) is 0 Å². The number of benzene rings is 1. The Bertz CT molecular complexity index is 531. The van der Waals surface area contributed by atoms with E-state index in [0.717, 1.165) is 5.56 Å². The predicted octanol–water partition coefficient (Wildman–Crippen LogP) is 1.52. The SMILES string of the molecule is Cc1ccc(COC(=O)Cn2ccc(N)n2)cc1. The second kappa shape index (κ2) is 5.35. The van der Waals surface area contributed by atoms with Gasteiger partial charge in [0.2, 0.25) is 0 Å². The van der Waals surface area contributed by atoms with Crippen LogP contribution < -0.4 is 5.73 Å². The zero-order valence-electron chi connectivity index (χ0n) is 10.2. The van der Waals surface area contributed by atoms with E-state index < -0.39 is 0 Å². The quantitative estimate of drug-likeness (QED) is 0.829. The van der Waals surface area contributed by atoms with Gasteiger partial charge in [-0.3, -0.25) is 9.48 Å². The van der Waals surface area contributed by atoms with E-state index in [1.807, 2.05) is 31.2 Å². The van der Waals surface area contributed by atoms with Gasteiger partial charge < -0.3 is 10.5 Å². The van der Waals surface area contributed by atoms with Crippen LogP contribution in [0.25, 0.3) is 0 Å². The Kier molecular flexibility index (Phi) is 3.62. The minimum Gasteiger partial charge on any atom is -0.459 e. The molecule has 0 unspecified atom stereocenters. The Hall–Kier alpha value is -2.30. The maximum absolute atomic E-state index is 11.5. The molecule has 2 aromatic rings. The lowest BCUT2D eigenvalue weighted by Crippen LogP contribution is -2.14. The molecule has 0 bridgehead atoms. The number of hydrogen-bond donors (Lipinski definition) is 1. The maximum Gasteiger partial charge on any atom is 0.328 e.